The molecule has 0 N–H and O–H groups in total. The highest BCUT2D eigenvalue weighted by Crippen LogP contribution is 2.20. The zero-order valence-corrected chi connectivity index (χ0v) is 15.0. The molecule has 2 saturated heterocycles. The summed E-state index contributed by atoms with van der Waals surface area (Å²) < 4.78 is 18.3. The van der Waals surface area contributed by atoms with Gasteiger partial charge in [0.2, 0.25) is 5.91 Å². The van der Waals surface area contributed by atoms with Crippen molar-refractivity contribution < 1.29 is 13.9 Å². The van der Waals surface area contributed by atoms with Crippen molar-refractivity contribution in [3.05, 3.63) is 35.6 Å². The lowest BCUT2D eigenvalue weighted by Crippen LogP contribution is -2.44. The van der Waals surface area contributed by atoms with Crippen LogP contribution in [0.15, 0.2) is 24.3 Å². The molecule has 2 aliphatic heterocycles. The van der Waals surface area contributed by atoms with Crippen LogP contribution in [0.4, 0.5) is 4.39 Å². The zero-order chi connectivity index (χ0) is 17.5. The molecule has 5 heteroatoms. The molecule has 0 saturated carbocycles. The number of benzene rings is 1. The molecule has 0 spiro atoms. The van der Waals surface area contributed by atoms with Gasteiger partial charge in [0.05, 0.1) is 13.2 Å². The van der Waals surface area contributed by atoms with Crippen LogP contribution in [0, 0.1) is 11.7 Å². The quantitative estimate of drug-likeness (QED) is 0.792. The lowest BCUT2D eigenvalue weighted by Gasteiger charge is -2.36. The number of ether oxygens (including phenoxy) is 1. The minimum Gasteiger partial charge on any atom is -0.379 e. The van der Waals surface area contributed by atoms with Gasteiger partial charge in [-0.25, -0.2) is 4.39 Å². The van der Waals surface area contributed by atoms with E-state index in [2.05, 4.69) is 4.90 Å². The maximum absolute atomic E-state index is 12.9. The molecule has 25 heavy (non-hydrogen) atoms. The molecule has 1 amide bonds. The fourth-order valence-electron chi connectivity index (χ4n) is 3.77. The number of rotatable bonds is 6. The Hall–Kier alpha value is -1.46. The molecule has 2 aliphatic rings. The third kappa shape index (κ3) is 5.79. The summed E-state index contributed by atoms with van der Waals surface area (Å²) in [7, 11) is 0. The fourth-order valence-corrected chi connectivity index (χ4v) is 3.77. The van der Waals surface area contributed by atoms with Crippen LogP contribution >= 0.6 is 0 Å². The van der Waals surface area contributed by atoms with Gasteiger partial charge in [-0.3, -0.25) is 9.69 Å². The van der Waals surface area contributed by atoms with E-state index in [1.807, 2.05) is 4.90 Å². The average Bonchev–Trinajstić information content (AvgIpc) is 2.65. The summed E-state index contributed by atoms with van der Waals surface area (Å²) in [5, 5.41) is 0. The molecule has 0 bridgehead atoms. The highest BCUT2D eigenvalue weighted by Gasteiger charge is 2.24. The van der Waals surface area contributed by atoms with Gasteiger partial charge in [-0.2, -0.15) is 0 Å². The van der Waals surface area contributed by atoms with Gasteiger partial charge in [0.25, 0.3) is 0 Å². The van der Waals surface area contributed by atoms with E-state index in [0.29, 0.717) is 12.3 Å². The lowest BCUT2D eigenvalue weighted by atomic mass is 9.95. The van der Waals surface area contributed by atoms with Gasteiger partial charge >= 0.3 is 0 Å². The van der Waals surface area contributed by atoms with Crippen LogP contribution in [-0.4, -0.2) is 61.6 Å². The standard InChI is InChI=1S/C20H29FN2O2/c21-19-6-4-17(5-7-19)2-1-3-20(24)23-10-8-18(9-11-23)16-22-12-14-25-15-13-22/h4-7,18H,1-3,8-16H2. The highest BCUT2D eigenvalue weighted by atomic mass is 19.1. The van der Waals surface area contributed by atoms with E-state index < -0.39 is 0 Å². The summed E-state index contributed by atoms with van der Waals surface area (Å²) in [6.45, 7) is 6.73. The second kappa shape index (κ2) is 9.30. The Morgan fingerprint density at radius 2 is 1.76 bits per heavy atom. The number of carbonyl (C=O) groups is 1. The summed E-state index contributed by atoms with van der Waals surface area (Å²) >= 11 is 0. The monoisotopic (exact) mass is 348 g/mol. The maximum atomic E-state index is 12.9. The van der Waals surface area contributed by atoms with Crippen molar-refractivity contribution in [2.45, 2.75) is 32.1 Å². The Balaban J connectivity index is 1.33. The summed E-state index contributed by atoms with van der Waals surface area (Å²) in [5.74, 6) is 0.771. The third-order valence-corrected chi connectivity index (χ3v) is 5.36. The molecule has 0 aromatic heterocycles. The Kier molecular flexibility index (Phi) is 6.82. The number of hydrogen-bond acceptors (Lipinski definition) is 3. The number of morpholine rings is 1. The SMILES string of the molecule is O=C(CCCc1ccc(F)cc1)N1CCC(CN2CCOCC2)CC1. The van der Waals surface area contributed by atoms with E-state index in [1.54, 1.807) is 12.1 Å². The predicted octanol–water partition coefficient (Wildman–Crippen LogP) is 2.72. The Bertz CT molecular complexity index is 535. The maximum Gasteiger partial charge on any atom is 0.222 e. The smallest absolute Gasteiger partial charge is 0.222 e. The van der Waals surface area contributed by atoms with Crippen LogP contribution < -0.4 is 0 Å². The topological polar surface area (TPSA) is 32.8 Å². The first-order valence-corrected chi connectivity index (χ1v) is 9.53. The molecule has 2 fully saturated rings. The summed E-state index contributed by atoms with van der Waals surface area (Å²) in [5.41, 5.74) is 1.10. The molecule has 0 atom stereocenters. The van der Waals surface area contributed by atoms with Crippen molar-refractivity contribution in [1.29, 1.82) is 0 Å². The van der Waals surface area contributed by atoms with E-state index in [9.17, 15) is 9.18 Å². The van der Waals surface area contributed by atoms with Crippen molar-refractivity contribution in [3.8, 4) is 0 Å². The minimum atomic E-state index is -0.209. The number of carbonyl (C=O) groups excluding carboxylic acids is 1. The van der Waals surface area contributed by atoms with E-state index in [1.165, 1.54) is 12.1 Å². The van der Waals surface area contributed by atoms with Crippen LogP contribution in [0.3, 0.4) is 0 Å². The van der Waals surface area contributed by atoms with Crippen LogP contribution in [0.5, 0.6) is 0 Å². The van der Waals surface area contributed by atoms with Crippen molar-refractivity contribution in [3.63, 3.8) is 0 Å². The van der Waals surface area contributed by atoms with Crippen LogP contribution in [0.1, 0.15) is 31.2 Å². The molecule has 1 aromatic carbocycles. The summed E-state index contributed by atoms with van der Waals surface area (Å²) in [6.07, 6.45) is 4.48. The molecule has 138 valence electrons. The second-order valence-corrected chi connectivity index (χ2v) is 7.22. The molecule has 0 unspecified atom stereocenters. The van der Waals surface area contributed by atoms with Crippen LogP contribution in [0.25, 0.3) is 0 Å². The van der Waals surface area contributed by atoms with E-state index in [0.717, 1.165) is 77.2 Å². The molecule has 3 rings (SSSR count). The van der Waals surface area contributed by atoms with Gasteiger partial charge < -0.3 is 9.64 Å². The van der Waals surface area contributed by atoms with E-state index >= 15 is 0 Å². The van der Waals surface area contributed by atoms with Crippen molar-refractivity contribution in [2.24, 2.45) is 5.92 Å². The Labute approximate surface area is 149 Å². The van der Waals surface area contributed by atoms with Gasteiger partial charge in [-0.15, -0.1) is 0 Å². The second-order valence-electron chi connectivity index (χ2n) is 7.22. The van der Waals surface area contributed by atoms with Crippen molar-refractivity contribution >= 4 is 5.91 Å². The highest BCUT2D eigenvalue weighted by molar-refractivity contribution is 5.76. The normalized spacial score (nSPS) is 20.0. The number of nitrogens with zero attached hydrogens (tertiary/aromatic N) is 2. The first-order chi connectivity index (χ1) is 12.2. The number of piperidine rings is 1. The molecule has 0 aliphatic carbocycles. The third-order valence-electron chi connectivity index (χ3n) is 5.36. The number of likely N-dealkylation sites (tertiary alicyclic amines) is 1. The summed E-state index contributed by atoms with van der Waals surface area (Å²) in [4.78, 5) is 16.9. The molecular weight excluding hydrogens is 319 g/mol. The van der Waals surface area contributed by atoms with Gasteiger partial charge in [0.15, 0.2) is 0 Å². The molecule has 2 heterocycles. The summed E-state index contributed by atoms with van der Waals surface area (Å²) in [6, 6.07) is 6.57. The lowest BCUT2D eigenvalue weighted by molar-refractivity contribution is -0.132. The Morgan fingerprint density at radius 3 is 2.44 bits per heavy atom. The van der Waals surface area contributed by atoms with Gasteiger partial charge in [-0.05, 0) is 49.3 Å². The number of halogens is 1. The largest absolute Gasteiger partial charge is 0.379 e. The van der Waals surface area contributed by atoms with Gasteiger partial charge in [-0.1, -0.05) is 12.1 Å². The fraction of sp³-hybridized carbons (Fsp3) is 0.650. The van der Waals surface area contributed by atoms with E-state index in [-0.39, 0.29) is 11.7 Å². The zero-order valence-electron chi connectivity index (χ0n) is 15.0. The molecule has 0 radical (unpaired) electrons. The number of hydrogen-bond donors (Lipinski definition) is 0. The first kappa shape index (κ1) is 18.3. The van der Waals surface area contributed by atoms with Crippen molar-refractivity contribution in [1.82, 2.24) is 9.80 Å². The van der Waals surface area contributed by atoms with Crippen molar-refractivity contribution in [2.75, 3.05) is 45.9 Å². The van der Waals surface area contributed by atoms with Crippen LogP contribution in [-0.2, 0) is 16.0 Å². The average molecular weight is 348 g/mol. The molecule has 4 nitrogen and oxygen atoms in total. The molecule has 1 aromatic rings. The van der Waals surface area contributed by atoms with Gasteiger partial charge in [0.1, 0.15) is 5.82 Å². The first-order valence-electron chi connectivity index (χ1n) is 9.53. The minimum absolute atomic E-state index is 0.209. The van der Waals surface area contributed by atoms with Crippen LogP contribution in [0.2, 0.25) is 0 Å². The number of amides is 1. The van der Waals surface area contributed by atoms with E-state index in [4.69, 9.17) is 4.74 Å². The number of aryl methyl sites for hydroxylation is 1. The predicted molar refractivity (Wildman–Crippen MR) is 95.9 cm³/mol. The Morgan fingerprint density at radius 1 is 1.08 bits per heavy atom. The molecular formula is C20H29FN2O2. The van der Waals surface area contributed by atoms with Gasteiger partial charge in [0, 0.05) is 39.1 Å².